The number of primary amides is 1. The van der Waals surface area contributed by atoms with Crippen LogP contribution in [-0.2, 0) is 27.3 Å². The van der Waals surface area contributed by atoms with Crippen LogP contribution >= 0.6 is 0 Å². The van der Waals surface area contributed by atoms with Crippen LogP contribution in [0.25, 0.3) is 0 Å². The lowest BCUT2D eigenvalue weighted by Crippen LogP contribution is -2.57. The maximum Gasteiger partial charge on any atom is 0.246 e. The largest absolute Gasteiger partial charge is 0.368 e. The van der Waals surface area contributed by atoms with Gasteiger partial charge in [0.25, 0.3) is 0 Å². The summed E-state index contributed by atoms with van der Waals surface area (Å²) in [5.41, 5.74) is 7.47. The van der Waals surface area contributed by atoms with Crippen LogP contribution in [0.2, 0.25) is 0 Å². The molecule has 2 N–H and O–H groups in total. The lowest BCUT2D eigenvalue weighted by molar-refractivity contribution is -0.151. The standard InChI is InChI=1S/C30H29F2N3O3/c1-20(29(33)37)35(28(36)17-22-15-24(31)18-25(32)16-22)27-14-8-13-26(23-11-6-3-7-12-23)34(30(27)38)19-21-9-4-2-5-10-21/h2-13,15-16,18,20,26-27H,14,17,19H2,1H3,(H2,33,37)/t20-,26-,27-/m0/s1. The third kappa shape index (κ3) is 6.14. The summed E-state index contributed by atoms with van der Waals surface area (Å²) < 4.78 is 27.6. The Morgan fingerprint density at radius 1 is 0.974 bits per heavy atom. The first-order valence-corrected chi connectivity index (χ1v) is 12.4. The summed E-state index contributed by atoms with van der Waals surface area (Å²) in [5, 5.41) is 0. The molecule has 3 aromatic carbocycles. The van der Waals surface area contributed by atoms with Crippen molar-refractivity contribution in [3.05, 3.63) is 119 Å². The van der Waals surface area contributed by atoms with Gasteiger partial charge in [0.2, 0.25) is 17.7 Å². The Labute approximate surface area is 220 Å². The first-order chi connectivity index (χ1) is 18.2. The molecule has 4 rings (SSSR count). The molecule has 3 aromatic rings. The molecule has 0 saturated carbocycles. The van der Waals surface area contributed by atoms with E-state index < -0.39 is 48.0 Å². The maximum absolute atomic E-state index is 14.2. The number of hydrogen-bond acceptors (Lipinski definition) is 3. The van der Waals surface area contributed by atoms with E-state index in [9.17, 15) is 23.2 Å². The smallest absolute Gasteiger partial charge is 0.246 e. The highest BCUT2D eigenvalue weighted by molar-refractivity contribution is 5.93. The van der Waals surface area contributed by atoms with Crippen molar-refractivity contribution in [1.29, 1.82) is 0 Å². The highest BCUT2D eigenvalue weighted by atomic mass is 19.1. The lowest BCUT2D eigenvalue weighted by Gasteiger charge is -2.38. The normalized spacial score (nSPS) is 18.1. The molecule has 0 fully saturated rings. The summed E-state index contributed by atoms with van der Waals surface area (Å²) in [6, 6.07) is 19.2. The Bertz CT molecular complexity index is 1310. The number of benzene rings is 3. The Morgan fingerprint density at radius 3 is 2.18 bits per heavy atom. The van der Waals surface area contributed by atoms with Crippen molar-refractivity contribution in [3.63, 3.8) is 0 Å². The zero-order valence-corrected chi connectivity index (χ0v) is 21.0. The van der Waals surface area contributed by atoms with Crippen LogP contribution in [0, 0.1) is 11.6 Å². The van der Waals surface area contributed by atoms with Crippen molar-refractivity contribution in [2.75, 3.05) is 0 Å². The van der Waals surface area contributed by atoms with E-state index in [1.54, 1.807) is 4.90 Å². The van der Waals surface area contributed by atoms with Crippen LogP contribution < -0.4 is 5.73 Å². The van der Waals surface area contributed by atoms with E-state index in [4.69, 9.17) is 5.73 Å². The molecule has 8 heteroatoms. The monoisotopic (exact) mass is 517 g/mol. The number of nitrogens with two attached hydrogens (primary N) is 1. The minimum atomic E-state index is -1.13. The van der Waals surface area contributed by atoms with E-state index in [1.807, 2.05) is 72.8 Å². The van der Waals surface area contributed by atoms with Gasteiger partial charge in [-0.3, -0.25) is 14.4 Å². The van der Waals surface area contributed by atoms with Gasteiger partial charge in [-0.1, -0.05) is 72.8 Å². The number of amides is 3. The molecule has 0 spiro atoms. The van der Waals surface area contributed by atoms with Gasteiger partial charge in [0.1, 0.15) is 23.7 Å². The number of hydrogen-bond donors (Lipinski definition) is 1. The second kappa shape index (κ2) is 11.8. The fourth-order valence-electron chi connectivity index (χ4n) is 4.78. The molecule has 0 radical (unpaired) electrons. The molecule has 1 heterocycles. The van der Waals surface area contributed by atoms with Gasteiger partial charge >= 0.3 is 0 Å². The highest BCUT2D eigenvalue weighted by Gasteiger charge is 2.40. The number of halogens is 2. The van der Waals surface area contributed by atoms with Gasteiger partial charge < -0.3 is 15.5 Å². The second-order valence-electron chi connectivity index (χ2n) is 9.32. The number of carbonyl (C=O) groups excluding carboxylic acids is 3. The first-order valence-electron chi connectivity index (χ1n) is 12.4. The van der Waals surface area contributed by atoms with Crippen LogP contribution in [0.4, 0.5) is 8.78 Å². The fraction of sp³-hybridized carbons (Fsp3) is 0.233. The van der Waals surface area contributed by atoms with Crippen molar-refractivity contribution < 1.29 is 23.2 Å². The summed E-state index contributed by atoms with van der Waals surface area (Å²) in [7, 11) is 0. The second-order valence-corrected chi connectivity index (χ2v) is 9.32. The van der Waals surface area contributed by atoms with Gasteiger partial charge in [0.05, 0.1) is 12.5 Å². The Balaban J connectivity index is 1.72. The van der Waals surface area contributed by atoms with Gasteiger partial charge in [-0.2, -0.15) is 0 Å². The topological polar surface area (TPSA) is 83.7 Å². The Hall–Kier alpha value is -4.33. The number of nitrogens with zero attached hydrogens (tertiary/aromatic N) is 2. The third-order valence-corrected chi connectivity index (χ3v) is 6.65. The zero-order chi connectivity index (χ0) is 27.2. The highest BCUT2D eigenvalue weighted by Crippen LogP contribution is 2.30. The van der Waals surface area contributed by atoms with E-state index in [0.717, 1.165) is 28.2 Å². The SMILES string of the molecule is C[C@@H](C(N)=O)N(C(=O)Cc1cc(F)cc(F)c1)[C@H]1CC=C[C@@H](c2ccccc2)N(Cc2ccccc2)C1=O. The molecule has 3 atom stereocenters. The van der Waals surface area contributed by atoms with Crippen LogP contribution in [-0.4, -0.2) is 39.6 Å². The van der Waals surface area contributed by atoms with Gasteiger partial charge in [-0.05, 0) is 42.2 Å². The van der Waals surface area contributed by atoms with Crippen LogP contribution in [0.3, 0.4) is 0 Å². The summed E-state index contributed by atoms with van der Waals surface area (Å²) in [6.07, 6.45) is 3.48. The first kappa shape index (κ1) is 26.7. The minimum Gasteiger partial charge on any atom is -0.368 e. The van der Waals surface area contributed by atoms with E-state index >= 15 is 0 Å². The number of rotatable bonds is 8. The molecule has 1 aliphatic rings. The quantitative estimate of drug-likeness (QED) is 0.452. The van der Waals surface area contributed by atoms with Crippen LogP contribution in [0.5, 0.6) is 0 Å². The molecule has 0 aromatic heterocycles. The lowest BCUT2D eigenvalue weighted by atomic mass is 10.0. The van der Waals surface area contributed by atoms with Gasteiger partial charge in [-0.15, -0.1) is 0 Å². The minimum absolute atomic E-state index is 0.0917. The van der Waals surface area contributed by atoms with Crippen molar-refractivity contribution in [2.24, 2.45) is 5.73 Å². The predicted molar refractivity (Wildman–Crippen MR) is 139 cm³/mol. The number of carbonyl (C=O) groups is 3. The summed E-state index contributed by atoms with van der Waals surface area (Å²) in [4.78, 5) is 42.8. The molecule has 1 aliphatic heterocycles. The molecule has 0 unspecified atom stereocenters. The average Bonchev–Trinajstić information content (AvgIpc) is 3.04. The predicted octanol–water partition coefficient (Wildman–Crippen LogP) is 4.31. The van der Waals surface area contributed by atoms with E-state index in [-0.39, 0.29) is 24.4 Å². The van der Waals surface area contributed by atoms with Crippen molar-refractivity contribution in [2.45, 2.75) is 44.4 Å². The summed E-state index contributed by atoms with van der Waals surface area (Å²) in [5.74, 6) is -3.43. The van der Waals surface area contributed by atoms with Gasteiger partial charge in [0, 0.05) is 12.6 Å². The molecule has 0 bridgehead atoms. The summed E-state index contributed by atoms with van der Waals surface area (Å²) >= 11 is 0. The summed E-state index contributed by atoms with van der Waals surface area (Å²) in [6.45, 7) is 1.71. The van der Waals surface area contributed by atoms with Gasteiger partial charge in [0.15, 0.2) is 0 Å². The zero-order valence-electron chi connectivity index (χ0n) is 21.0. The maximum atomic E-state index is 14.2. The fourth-order valence-corrected chi connectivity index (χ4v) is 4.78. The Kier molecular flexibility index (Phi) is 8.31. The molecule has 3 amide bonds. The molecule has 0 aliphatic carbocycles. The van der Waals surface area contributed by atoms with Crippen molar-refractivity contribution in [3.8, 4) is 0 Å². The molecule has 0 saturated heterocycles. The molecular formula is C30H29F2N3O3. The van der Waals surface area contributed by atoms with Crippen molar-refractivity contribution >= 4 is 17.7 Å². The molecule has 6 nitrogen and oxygen atoms in total. The van der Waals surface area contributed by atoms with Crippen molar-refractivity contribution in [1.82, 2.24) is 9.80 Å². The third-order valence-electron chi connectivity index (χ3n) is 6.65. The Morgan fingerprint density at radius 2 is 1.58 bits per heavy atom. The average molecular weight is 518 g/mol. The van der Waals surface area contributed by atoms with Gasteiger partial charge in [-0.25, -0.2) is 8.78 Å². The van der Waals surface area contributed by atoms with E-state index in [2.05, 4.69) is 0 Å². The molecular weight excluding hydrogens is 488 g/mol. The van der Waals surface area contributed by atoms with E-state index in [1.165, 1.54) is 6.92 Å². The van der Waals surface area contributed by atoms with Crippen LogP contribution in [0.15, 0.2) is 91.0 Å². The van der Waals surface area contributed by atoms with Crippen LogP contribution in [0.1, 0.15) is 36.1 Å². The molecule has 196 valence electrons. The van der Waals surface area contributed by atoms with E-state index in [0.29, 0.717) is 6.07 Å². The molecule has 38 heavy (non-hydrogen) atoms.